The lowest BCUT2D eigenvalue weighted by molar-refractivity contribution is 0.727. The number of hydrogen-bond acceptors (Lipinski definition) is 2. The molecule has 4 heteroatoms. The minimum atomic E-state index is 0.215. The van der Waals surface area contributed by atoms with Gasteiger partial charge in [0.05, 0.1) is 0 Å². The molecular weight excluding hydrogens is 158 g/mol. The molecule has 64 valence electrons. The maximum Gasteiger partial charge on any atom is 0.184 e. The van der Waals surface area contributed by atoms with Crippen LogP contribution < -0.4 is 11.2 Å². The number of hydrogen-bond donors (Lipinski definition) is 2. The van der Waals surface area contributed by atoms with Gasteiger partial charge < -0.3 is 5.73 Å². The molecule has 11 heavy (non-hydrogen) atoms. The molecule has 0 aromatic heterocycles. The smallest absolute Gasteiger partial charge is 0.184 e. The van der Waals surface area contributed by atoms with Crippen molar-refractivity contribution >= 4 is 23.0 Å². The zero-order valence-corrected chi connectivity index (χ0v) is 8.03. The van der Waals surface area contributed by atoms with Gasteiger partial charge in [-0.1, -0.05) is 13.8 Å². The van der Waals surface area contributed by atoms with E-state index in [1.54, 1.807) is 0 Å². The van der Waals surface area contributed by atoms with Crippen LogP contribution in [0.1, 0.15) is 27.2 Å². The molecule has 0 bridgehead atoms. The Hall–Kier alpha value is -0.640. The third kappa shape index (κ3) is 4.72. The Morgan fingerprint density at radius 2 is 2.27 bits per heavy atom. The maximum absolute atomic E-state index is 5.20. The largest absolute Gasteiger partial charge is 0.375 e. The molecule has 0 saturated heterocycles. The van der Waals surface area contributed by atoms with Crippen LogP contribution in [-0.4, -0.2) is 10.8 Å². The van der Waals surface area contributed by atoms with Crippen LogP contribution in [0.2, 0.25) is 0 Å². The van der Waals surface area contributed by atoms with E-state index in [9.17, 15) is 0 Å². The number of thiocarbonyl (C=S) groups is 1. The van der Waals surface area contributed by atoms with Gasteiger partial charge in [-0.3, -0.25) is 5.43 Å². The zero-order chi connectivity index (χ0) is 8.85. The summed E-state index contributed by atoms with van der Waals surface area (Å²) in [7, 11) is 0. The second-order valence-electron chi connectivity index (χ2n) is 2.54. The van der Waals surface area contributed by atoms with E-state index in [1.807, 2.05) is 6.92 Å². The zero-order valence-electron chi connectivity index (χ0n) is 7.22. The molecule has 0 rings (SSSR count). The Balaban J connectivity index is 3.89. The lowest BCUT2D eigenvalue weighted by atomic mass is 10.1. The van der Waals surface area contributed by atoms with E-state index in [1.165, 1.54) is 0 Å². The summed E-state index contributed by atoms with van der Waals surface area (Å²) in [4.78, 5) is 0. The van der Waals surface area contributed by atoms with Crippen LogP contribution in [0.4, 0.5) is 0 Å². The topological polar surface area (TPSA) is 50.4 Å². The van der Waals surface area contributed by atoms with Crippen LogP contribution in [0.5, 0.6) is 0 Å². The Labute approximate surface area is 73.0 Å². The van der Waals surface area contributed by atoms with Gasteiger partial charge in [0.2, 0.25) is 0 Å². The molecule has 0 aliphatic carbocycles. The monoisotopic (exact) mass is 173 g/mol. The summed E-state index contributed by atoms with van der Waals surface area (Å²) >= 11 is 4.60. The quantitative estimate of drug-likeness (QED) is 0.383. The minimum Gasteiger partial charge on any atom is -0.375 e. The van der Waals surface area contributed by atoms with Gasteiger partial charge in [0.25, 0.3) is 0 Å². The fourth-order valence-corrected chi connectivity index (χ4v) is 0.595. The number of hydrazone groups is 1. The Kier molecular flexibility index (Phi) is 4.77. The Bertz CT molecular complexity index is 165. The first-order chi connectivity index (χ1) is 5.07. The van der Waals surface area contributed by atoms with Crippen LogP contribution in [0.15, 0.2) is 5.10 Å². The van der Waals surface area contributed by atoms with Gasteiger partial charge in [0, 0.05) is 5.71 Å². The Morgan fingerprint density at radius 3 is 2.64 bits per heavy atom. The lowest BCUT2D eigenvalue weighted by Crippen LogP contribution is -2.26. The van der Waals surface area contributed by atoms with Gasteiger partial charge >= 0.3 is 0 Å². The highest BCUT2D eigenvalue weighted by Crippen LogP contribution is 2.01. The predicted octanol–water partition coefficient (Wildman–Crippen LogP) is 1.24. The highest BCUT2D eigenvalue weighted by atomic mass is 32.1. The molecule has 0 radical (unpaired) electrons. The van der Waals surface area contributed by atoms with E-state index in [4.69, 9.17) is 5.73 Å². The summed E-state index contributed by atoms with van der Waals surface area (Å²) in [5, 5.41) is 4.21. The summed E-state index contributed by atoms with van der Waals surface area (Å²) in [6, 6.07) is 0. The van der Waals surface area contributed by atoms with Gasteiger partial charge in [-0.2, -0.15) is 5.10 Å². The SMILES string of the molecule is CC[C@H](C)C(C)=NNC(N)=S. The van der Waals surface area contributed by atoms with Crippen LogP contribution in [0.3, 0.4) is 0 Å². The van der Waals surface area contributed by atoms with Crippen molar-refractivity contribution in [2.45, 2.75) is 27.2 Å². The third-order valence-electron chi connectivity index (χ3n) is 1.67. The minimum absolute atomic E-state index is 0.215. The second-order valence-corrected chi connectivity index (χ2v) is 2.98. The molecule has 1 atom stereocenters. The van der Waals surface area contributed by atoms with Gasteiger partial charge in [0.15, 0.2) is 5.11 Å². The van der Waals surface area contributed by atoms with Gasteiger partial charge in [-0.25, -0.2) is 0 Å². The molecule has 0 aliphatic rings. The molecule has 0 saturated carbocycles. The first kappa shape index (κ1) is 10.4. The summed E-state index contributed by atoms with van der Waals surface area (Å²) in [6.45, 7) is 6.18. The van der Waals surface area contributed by atoms with Crippen LogP contribution in [-0.2, 0) is 0 Å². The average Bonchev–Trinajstić information content (AvgIpc) is 1.98. The summed E-state index contributed by atoms with van der Waals surface area (Å²) in [5.41, 5.74) is 8.78. The van der Waals surface area contributed by atoms with Gasteiger partial charge in [-0.15, -0.1) is 0 Å². The number of nitrogens with zero attached hydrogens (tertiary/aromatic N) is 1. The van der Waals surface area contributed by atoms with Crippen molar-refractivity contribution in [3.8, 4) is 0 Å². The van der Waals surface area contributed by atoms with E-state index in [0.717, 1.165) is 12.1 Å². The second kappa shape index (κ2) is 5.07. The van der Waals surface area contributed by atoms with E-state index < -0.39 is 0 Å². The van der Waals surface area contributed by atoms with Crippen molar-refractivity contribution in [1.29, 1.82) is 0 Å². The van der Waals surface area contributed by atoms with Crippen molar-refractivity contribution < 1.29 is 0 Å². The lowest BCUT2D eigenvalue weighted by Gasteiger charge is -2.07. The highest BCUT2D eigenvalue weighted by molar-refractivity contribution is 7.80. The summed E-state index contributed by atoms with van der Waals surface area (Å²) < 4.78 is 0. The molecule has 0 fully saturated rings. The fraction of sp³-hybridized carbons (Fsp3) is 0.714. The molecule has 0 heterocycles. The van der Waals surface area contributed by atoms with E-state index in [0.29, 0.717) is 5.92 Å². The normalized spacial score (nSPS) is 14.3. The number of rotatable bonds is 3. The fourth-order valence-electron chi connectivity index (χ4n) is 0.549. The molecule has 0 aliphatic heterocycles. The van der Waals surface area contributed by atoms with Crippen molar-refractivity contribution in [3.05, 3.63) is 0 Å². The van der Waals surface area contributed by atoms with E-state index in [-0.39, 0.29) is 5.11 Å². The molecule has 3 N–H and O–H groups in total. The van der Waals surface area contributed by atoms with E-state index >= 15 is 0 Å². The molecule has 0 aromatic carbocycles. The molecule has 0 aromatic rings. The van der Waals surface area contributed by atoms with Crippen LogP contribution in [0, 0.1) is 5.92 Å². The molecular formula is C7H15N3S. The summed E-state index contributed by atoms with van der Waals surface area (Å²) in [6.07, 6.45) is 1.08. The first-order valence-electron chi connectivity index (χ1n) is 3.67. The highest BCUT2D eigenvalue weighted by Gasteiger charge is 2.01. The molecule has 0 amide bonds. The standard InChI is InChI=1S/C7H15N3S/c1-4-5(2)6(3)9-10-7(8)11/h5H,4H2,1-3H3,(H3,8,10,11)/t5-/m0/s1. The number of nitrogens with two attached hydrogens (primary N) is 1. The van der Waals surface area contributed by atoms with Crippen molar-refractivity contribution in [2.24, 2.45) is 16.8 Å². The molecule has 3 nitrogen and oxygen atoms in total. The van der Waals surface area contributed by atoms with Gasteiger partial charge in [-0.05, 0) is 31.5 Å². The van der Waals surface area contributed by atoms with Crippen molar-refractivity contribution in [3.63, 3.8) is 0 Å². The maximum atomic E-state index is 5.20. The predicted molar refractivity (Wildman–Crippen MR) is 52.5 cm³/mol. The molecule has 0 spiro atoms. The van der Waals surface area contributed by atoms with Gasteiger partial charge in [0.1, 0.15) is 0 Å². The first-order valence-corrected chi connectivity index (χ1v) is 4.08. The van der Waals surface area contributed by atoms with E-state index in [2.05, 4.69) is 36.6 Å². The van der Waals surface area contributed by atoms with Crippen molar-refractivity contribution in [2.75, 3.05) is 0 Å². The average molecular weight is 173 g/mol. The third-order valence-corrected chi connectivity index (χ3v) is 1.76. The Morgan fingerprint density at radius 1 is 1.73 bits per heavy atom. The molecule has 0 unspecified atom stereocenters. The van der Waals surface area contributed by atoms with Crippen LogP contribution >= 0.6 is 12.2 Å². The summed E-state index contributed by atoms with van der Waals surface area (Å²) in [5.74, 6) is 0.483. The van der Waals surface area contributed by atoms with Crippen LogP contribution in [0.25, 0.3) is 0 Å². The number of nitrogens with one attached hydrogen (secondary N) is 1. The van der Waals surface area contributed by atoms with Crippen molar-refractivity contribution in [1.82, 2.24) is 5.43 Å².